The second-order valence-corrected chi connectivity index (χ2v) is 5.58. The molecule has 0 aliphatic carbocycles. The van der Waals surface area contributed by atoms with Crippen LogP contribution in [0.5, 0.6) is 0 Å². The van der Waals surface area contributed by atoms with Gasteiger partial charge < -0.3 is 16.1 Å². The summed E-state index contributed by atoms with van der Waals surface area (Å²) in [6.45, 7) is 9.84. The third kappa shape index (κ3) is 3.48. The van der Waals surface area contributed by atoms with Gasteiger partial charge in [-0.25, -0.2) is 0 Å². The maximum absolute atomic E-state index is 6.07. The Morgan fingerprint density at radius 3 is 2.24 bits per heavy atom. The molecule has 0 bridgehead atoms. The lowest BCUT2D eigenvalue weighted by molar-refractivity contribution is 0.0462. The van der Waals surface area contributed by atoms with Gasteiger partial charge in [0.1, 0.15) is 0 Å². The van der Waals surface area contributed by atoms with E-state index < -0.39 is 11.1 Å². The average Bonchev–Trinajstić information content (AvgIpc) is 2.18. The fraction of sp³-hybridized carbons (Fsp3) is 0.538. The van der Waals surface area contributed by atoms with E-state index in [2.05, 4.69) is 0 Å². The number of hydrogen-bond acceptors (Lipinski definition) is 3. The zero-order chi connectivity index (χ0) is 13.3. The van der Waals surface area contributed by atoms with Crippen molar-refractivity contribution in [3.63, 3.8) is 0 Å². The minimum Gasteiger partial charge on any atom is -0.428 e. The Kier molecular flexibility index (Phi) is 3.90. The molecule has 0 saturated heterocycles. The fourth-order valence-electron chi connectivity index (χ4n) is 1.14. The molecule has 0 aliphatic rings. The number of aryl methyl sites for hydroxylation is 1. The lowest BCUT2D eigenvalue weighted by Crippen LogP contribution is -2.55. The Hall–Kier alpha value is -0.995. The first kappa shape index (κ1) is 14.1. The molecule has 1 rings (SSSR count). The highest BCUT2D eigenvalue weighted by atomic mass is 16.5. The summed E-state index contributed by atoms with van der Waals surface area (Å²) in [6, 6.07) is 5.81. The quantitative estimate of drug-likeness (QED) is 0.609. The van der Waals surface area contributed by atoms with Gasteiger partial charge in [0.2, 0.25) is 0 Å². The van der Waals surface area contributed by atoms with E-state index in [9.17, 15) is 0 Å². The molecular weight excluding hydrogens is 211 g/mol. The molecule has 0 heterocycles. The zero-order valence-corrected chi connectivity index (χ0v) is 11.4. The molecule has 1 radical (unpaired) electrons. The summed E-state index contributed by atoms with van der Waals surface area (Å²) < 4.78 is 5.78. The molecule has 0 spiro atoms. The van der Waals surface area contributed by atoms with Crippen LogP contribution in [0.1, 0.15) is 33.3 Å². The van der Waals surface area contributed by atoms with Gasteiger partial charge >= 0.3 is 7.48 Å². The minimum absolute atomic E-state index is 0.410. The van der Waals surface area contributed by atoms with Crippen molar-refractivity contribution in [2.75, 3.05) is 5.73 Å². The van der Waals surface area contributed by atoms with Crippen molar-refractivity contribution in [3.8, 4) is 0 Å². The molecule has 0 amide bonds. The smallest absolute Gasteiger partial charge is 0.330 e. The molecule has 0 atom stereocenters. The van der Waals surface area contributed by atoms with Crippen molar-refractivity contribution in [2.24, 2.45) is 5.73 Å². The summed E-state index contributed by atoms with van der Waals surface area (Å²) in [5.74, 6) is 0. The van der Waals surface area contributed by atoms with Gasteiger partial charge in [0, 0.05) is 11.2 Å². The zero-order valence-electron chi connectivity index (χ0n) is 11.4. The number of nitrogen functional groups attached to an aromatic ring is 1. The van der Waals surface area contributed by atoms with Crippen LogP contribution in [0.2, 0.25) is 0 Å². The van der Waals surface area contributed by atoms with E-state index in [-0.39, 0.29) is 0 Å². The molecule has 0 fully saturated rings. The molecule has 0 saturated carbocycles. The summed E-state index contributed by atoms with van der Waals surface area (Å²) in [4.78, 5) is 0. The molecular formula is C13H22BN2O. The maximum Gasteiger partial charge on any atom is 0.330 e. The summed E-state index contributed by atoms with van der Waals surface area (Å²) in [5.41, 5.74) is 13.8. The highest BCUT2D eigenvalue weighted by Gasteiger charge is 2.34. The van der Waals surface area contributed by atoms with E-state index >= 15 is 0 Å². The molecule has 1 aromatic rings. The van der Waals surface area contributed by atoms with Gasteiger partial charge in [-0.3, -0.25) is 0 Å². The predicted molar refractivity (Wildman–Crippen MR) is 74.4 cm³/mol. The average molecular weight is 233 g/mol. The standard InChI is InChI=1S/C13H22BN2O/c1-9-8-10(6-7-11(9)15)14-17-13(4,5)12(2,3)16/h6-8H,15-16H2,1-5H3. The van der Waals surface area contributed by atoms with Gasteiger partial charge in [-0.1, -0.05) is 17.6 Å². The third-order valence-corrected chi connectivity index (χ3v) is 3.34. The van der Waals surface area contributed by atoms with Crippen LogP contribution < -0.4 is 16.9 Å². The first-order valence-electron chi connectivity index (χ1n) is 5.79. The van der Waals surface area contributed by atoms with Gasteiger partial charge in [0.25, 0.3) is 0 Å². The van der Waals surface area contributed by atoms with Gasteiger partial charge in [-0.05, 0) is 46.2 Å². The lowest BCUT2D eigenvalue weighted by Gasteiger charge is -2.38. The lowest BCUT2D eigenvalue weighted by atomic mass is 9.81. The van der Waals surface area contributed by atoms with Crippen LogP contribution in [0.4, 0.5) is 5.69 Å². The van der Waals surface area contributed by atoms with Gasteiger partial charge in [0.15, 0.2) is 0 Å². The van der Waals surface area contributed by atoms with Crippen LogP contribution in [0.25, 0.3) is 0 Å². The monoisotopic (exact) mass is 233 g/mol. The molecule has 17 heavy (non-hydrogen) atoms. The van der Waals surface area contributed by atoms with E-state index in [4.69, 9.17) is 16.1 Å². The van der Waals surface area contributed by atoms with E-state index in [1.165, 1.54) is 0 Å². The van der Waals surface area contributed by atoms with Crippen LogP contribution in [0.15, 0.2) is 18.2 Å². The first-order chi connectivity index (χ1) is 7.63. The Labute approximate surface area is 105 Å². The second kappa shape index (κ2) is 4.71. The van der Waals surface area contributed by atoms with Gasteiger partial charge in [0.05, 0.1) is 5.60 Å². The molecule has 0 aliphatic heterocycles. The summed E-state index contributed by atoms with van der Waals surface area (Å²) in [7, 11) is 1.74. The van der Waals surface area contributed by atoms with Crippen molar-refractivity contribution >= 4 is 18.6 Å². The van der Waals surface area contributed by atoms with Crippen LogP contribution >= 0.6 is 0 Å². The van der Waals surface area contributed by atoms with Crippen LogP contribution in [-0.2, 0) is 4.65 Å². The molecule has 4 N–H and O–H groups in total. The van der Waals surface area contributed by atoms with E-state index in [1.54, 1.807) is 7.48 Å². The molecule has 93 valence electrons. The Morgan fingerprint density at radius 1 is 1.18 bits per heavy atom. The highest BCUT2D eigenvalue weighted by Crippen LogP contribution is 2.21. The van der Waals surface area contributed by atoms with Crippen LogP contribution in [0.3, 0.4) is 0 Å². The molecule has 4 heteroatoms. The van der Waals surface area contributed by atoms with E-state index in [0.29, 0.717) is 0 Å². The first-order valence-corrected chi connectivity index (χ1v) is 5.79. The topological polar surface area (TPSA) is 61.3 Å². The number of rotatable bonds is 4. The number of benzene rings is 1. The maximum atomic E-state index is 6.07. The molecule has 0 aromatic heterocycles. The van der Waals surface area contributed by atoms with Crippen LogP contribution in [0, 0.1) is 6.92 Å². The van der Waals surface area contributed by atoms with Gasteiger partial charge in [-0.15, -0.1) is 0 Å². The molecule has 1 aromatic carbocycles. The largest absolute Gasteiger partial charge is 0.428 e. The SMILES string of the molecule is Cc1cc([B]OC(C)(C)C(C)(C)N)ccc1N. The second-order valence-electron chi connectivity index (χ2n) is 5.58. The number of hydrogen-bond donors (Lipinski definition) is 2. The summed E-state index contributed by atoms with van der Waals surface area (Å²) in [5, 5.41) is 0. The van der Waals surface area contributed by atoms with Crippen molar-refractivity contribution in [1.82, 2.24) is 0 Å². The van der Waals surface area contributed by atoms with Crippen molar-refractivity contribution < 1.29 is 4.65 Å². The van der Waals surface area contributed by atoms with Crippen molar-refractivity contribution in [2.45, 2.75) is 45.8 Å². The minimum atomic E-state index is -0.428. The Balaban J connectivity index is 2.71. The van der Waals surface area contributed by atoms with E-state index in [1.807, 2.05) is 52.8 Å². The van der Waals surface area contributed by atoms with Crippen LogP contribution in [-0.4, -0.2) is 18.6 Å². The molecule has 3 nitrogen and oxygen atoms in total. The normalized spacial score (nSPS) is 12.6. The summed E-state index contributed by atoms with van der Waals surface area (Å²) in [6.07, 6.45) is 0. The van der Waals surface area contributed by atoms with Gasteiger partial charge in [-0.2, -0.15) is 0 Å². The highest BCUT2D eigenvalue weighted by molar-refractivity contribution is 6.47. The van der Waals surface area contributed by atoms with Crippen molar-refractivity contribution in [1.29, 1.82) is 0 Å². The predicted octanol–water partition coefficient (Wildman–Crippen LogP) is 1.35. The third-order valence-electron chi connectivity index (χ3n) is 3.34. The molecule has 0 unspecified atom stereocenters. The Bertz CT molecular complexity index is 397. The van der Waals surface area contributed by atoms with E-state index in [0.717, 1.165) is 16.7 Å². The number of nitrogens with two attached hydrogens (primary N) is 2. The number of anilines is 1. The summed E-state index contributed by atoms with van der Waals surface area (Å²) >= 11 is 0. The Morgan fingerprint density at radius 2 is 1.76 bits per heavy atom. The van der Waals surface area contributed by atoms with Crippen molar-refractivity contribution in [3.05, 3.63) is 23.8 Å². The fourth-order valence-corrected chi connectivity index (χ4v) is 1.14.